The molecular weight excluding hydrogens is 268 g/mol. The van der Waals surface area contributed by atoms with E-state index in [1.165, 1.54) is 7.11 Å². The molecular formula is C17H18O4. The number of carbonyl (C=O) groups is 1. The monoisotopic (exact) mass is 286 g/mol. The van der Waals surface area contributed by atoms with Gasteiger partial charge in [-0.3, -0.25) is 4.79 Å². The van der Waals surface area contributed by atoms with Crippen molar-refractivity contribution >= 4 is 5.78 Å². The summed E-state index contributed by atoms with van der Waals surface area (Å²) in [5.74, 6) is 1.15. The number of Topliss-reactive ketones (excluding diaryl/α,β-unsaturated/α-hetero) is 1. The molecule has 2 aromatic rings. The molecule has 0 heterocycles. The van der Waals surface area contributed by atoms with Gasteiger partial charge in [0.05, 0.1) is 19.8 Å². The summed E-state index contributed by atoms with van der Waals surface area (Å²) < 4.78 is 10.2. The first-order chi connectivity index (χ1) is 10.1. The largest absolute Gasteiger partial charge is 0.507 e. The van der Waals surface area contributed by atoms with Crippen molar-refractivity contribution < 1.29 is 19.4 Å². The minimum Gasteiger partial charge on any atom is -0.507 e. The predicted octanol–water partition coefficient (Wildman–Crippen LogP) is 3.14. The lowest BCUT2D eigenvalue weighted by Gasteiger charge is -2.10. The van der Waals surface area contributed by atoms with Gasteiger partial charge in [0.1, 0.15) is 17.2 Å². The van der Waals surface area contributed by atoms with Crippen LogP contribution in [0.1, 0.15) is 21.5 Å². The molecule has 0 aromatic heterocycles. The second-order valence-corrected chi connectivity index (χ2v) is 4.74. The Kier molecular flexibility index (Phi) is 4.48. The number of methoxy groups -OCH3 is 2. The van der Waals surface area contributed by atoms with Gasteiger partial charge in [0.15, 0.2) is 5.78 Å². The van der Waals surface area contributed by atoms with E-state index < -0.39 is 0 Å². The highest BCUT2D eigenvalue weighted by Gasteiger charge is 2.16. The highest BCUT2D eigenvalue weighted by Crippen LogP contribution is 2.31. The number of aromatic hydroxyl groups is 1. The van der Waals surface area contributed by atoms with Crippen LogP contribution in [0.2, 0.25) is 0 Å². The van der Waals surface area contributed by atoms with Gasteiger partial charge >= 0.3 is 0 Å². The number of ketones is 1. The Hall–Kier alpha value is -2.49. The number of hydrogen-bond donors (Lipinski definition) is 1. The van der Waals surface area contributed by atoms with Gasteiger partial charge in [-0.1, -0.05) is 12.1 Å². The van der Waals surface area contributed by atoms with E-state index in [9.17, 15) is 9.90 Å². The van der Waals surface area contributed by atoms with E-state index in [2.05, 4.69) is 0 Å². The molecule has 2 rings (SSSR count). The fourth-order valence-corrected chi connectivity index (χ4v) is 2.15. The van der Waals surface area contributed by atoms with Crippen LogP contribution in [0, 0.1) is 6.92 Å². The Morgan fingerprint density at radius 3 is 2.29 bits per heavy atom. The van der Waals surface area contributed by atoms with Crippen LogP contribution >= 0.6 is 0 Å². The number of rotatable bonds is 5. The first-order valence-corrected chi connectivity index (χ1v) is 6.59. The lowest BCUT2D eigenvalue weighted by Crippen LogP contribution is -2.05. The van der Waals surface area contributed by atoms with Gasteiger partial charge in [-0.15, -0.1) is 0 Å². The predicted molar refractivity (Wildman–Crippen MR) is 80.4 cm³/mol. The van der Waals surface area contributed by atoms with E-state index in [1.54, 1.807) is 26.2 Å². The third kappa shape index (κ3) is 3.16. The van der Waals surface area contributed by atoms with E-state index in [4.69, 9.17) is 9.47 Å². The normalized spacial score (nSPS) is 10.2. The number of hydrogen-bond acceptors (Lipinski definition) is 4. The summed E-state index contributed by atoms with van der Waals surface area (Å²) in [5.41, 5.74) is 1.75. The molecule has 0 unspecified atom stereocenters. The smallest absolute Gasteiger partial charge is 0.170 e. The molecule has 0 aliphatic carbocycles. The van der Waals surface area contributed by atoms with Crippen molar-refractivity contribution in [2.24, 2.45) is 0 Å². The van der Waals surface area contributed by atoms with Gasteiger partial charge in [-0.2, -0.15) is 0 Å². The minimum atomic E-state index is -0.136. The van der Waals surface area contributed by atoms with Crippen molar-refractivity contribution in [1.82, 2.24) is 0 Å². The molecule has 2 aromatic carbocycles. The summed E-state index contributed by atoms with van der Waals surface area (Å²) >= 11 is 0. The average Bonchev–Trinajstić information content (AvgIpc) is 2.50. The summed E-state index contributed by atoms with van der Waals surface area (Å²) in [6.45, 7) is 1.72. The molecule has 0 saturated carbocycles. The second kappa shape index (κ2) is 6.31. The van der Waals surface area contributed by atoms with Gasteiger partial charge in [0.25, 0.3) is 0 Å². The zero-order valence-corrected chi connectivity index (χ0v) is 12.3. The maximum atomic E-state index is 12.3. The Balaban J connectivity index is 2.22. The Morgan fingerprint density at radius 2 is 1.71 bits per heavy atom. The highest BCUT2D eigenvalue weighted by molar-refractivity contribution is 6.00. The fraction of sp³-hybridized carbons (Fsp3) is 0.235. The molecule has 0 atom stereocenters. The van der Waals surface area contributed by atoms with Crippen LogP contribution in [-0.4, -0.2) is 25.1 Å². The van der Waals surface area contributed by atoms with Crippen LogP contribution in [0.4, 0.5) is 0 Å². The van der Waals surface area contributed by atoms with Crippen LogP contribution in [-0.2, 0) is 6.42 Å². The molecule has 1 N–H and O–H groups in total. The molecule has 0 bridgehead atoms. The molecule has 0 amide bonds. The fourth-order valence-electron chi connectivity index (χ4n) is 2.15. The van der Waals surface area contributed by atoms with Gasteiger partial charge < -0.3 is 14.6 Å². The molecule has 0 radical (unpaired) electrons. The zero-order chi connectivity index (χ0) is 15.4. The molecule has 0 spiro atoms. The maximum absolute atomic E-state index is 12.3. The third-order valence-electron chi connectivity index (χ3n) is 3.43. The molecule has 4 nitrogen and oxygen atoms in total. The third-order valence-corrected chi connectivity index (χ3v) is 3.43. The zero-order valence-electron chi connectivity index (χ0n) is 12.3. The lowest BCUT2D eigenvalue weighted by atomic mass is 10.00. The Bertz CT molecular complexity index is 645. The summed E-state index contributed by atoms with van der Waals surface area (Å²) in [7, 11) is 3.12. The number of benzene rings is 2. The van der Waals surface area contributed by atoms with E-state index in [-0.39, 0.29) is 18.0 Å². The van der Waals surface area contributed by atoms with Crippen LogP contribution in [0.15, 0.2) is 36.4 Å². The second-order valence-electron chi connectivity index (χ2n) is 4.74. The van der Waals surface area contributed by atoms with Crippen LogP contribution in [0.25, 0.3) is 0 Å². The van der Waals surface area contributed by atoms with Gasteiger partial charge in [-0.05, 0) is 36.8 Å². The van der Waals surface area contributed by atoms with Crippen LogP contribution in [0.5, 0.6) is 17.2 Å². The minimum absolute atomic E-state index is 0.0205. The topological polar surface area (TPSA) is 55.8 Å². The van der Waals surface area contributed by atoms with Crippen LogP contribution < -0.4 is 9.47 Å². The summed E-state index contributed by atoms with van der Waals surface area (Å²) in [6, 6.07) is 10.6. The first-order valence-electron chi connectivity index (χ1n) is 6.59. The van der Waals surface area contributed by atoms with Crippen molar-refractivity contribution in [2.45, 2.75) is 13.3 Å². The average molecular weight is 286 g/mol. The highest BCUT2D eigenvalue weighted by atomic mass is 16.5. The first kappa shape index (κ1) is 14.9. The van der Waals surface area contributed by atoms with E-state index in [0.29, 0.717) is 16.9 Å². The van der Waals surface area contributed by atoms with Crippen molar-refractivity contribution in [3.63, 3.8) is 0 Å². The van der Waals surface area contributed by atoms with Crippen molar-refractivity contribution in [3.8, 4) is 17.2 Å². The standard InChI is InChI=1S/C17H18O4/c1-11-16(21-3)9-8-14(17(11)19)15(18)10-12-4-6-13(20-2)7-5-12/h4-9,19H,10H2,1-3H3. The number of phenols is 1. The van der Waals surface area contributed by atoms with E-state index >= 15 is 0 Å². The summed E-state index contributed by atoms with van der Waals surface area (Å²) in [5, 5.41) is 10.1. The SMILES string of the molecule is COc1ccc(CC(=O)c2ccc(OC)c(C)c2O)cc1. The lowest BCUT2D eigenvalue weighted by molar-refractivity contribution is 0.0990. The number of carbonyl (C=O) groups excluding carboxylic acids is 1. The number of phenolic OH excluding ortho intramolecular Hbond substituents is 1. The van der Waals surface area contributed by atoms with Crippen molar-refractivity contribution in [3.05, 3.63) is 53.1 Å². The maximum Gasteiger partial charge on any atom is 0.170 e. The van der Waals surface area contributed by atoms with Gasteiger partial charge in [0.2, 0.25) is 0 Å². The molecule has 0 aliphatic heterocycles. The summed E-state index contributed by atoms with van der Waals surface area (Å²) in [6.07, 6.45) is 0.226. The van der Waals surface area contributed by atoms with E-state index in [1.807, 2.05) is 24.3 Å². The van der Waals surface area contributed by atoms with Gasteiger partial charge in [-0.25, -0.2) is 0 Å². The van der Waals surface area contributed by atoms with Crippen molar-refractivity contribution in [1.29, 1.82) is 0 Å². The Morgan fingerprint density at radius 1 is 1.05 bits per heavy atom. The molecule has 4 heteroatoms. The molecule has 0 fully saturated rings. The van der Waals surface area contributed by atoms with Crippen molar-refractivity contribution in [2.75, 3.05) is 14.2 Å². The molecule has 0 saturated heterocycles. The number of ether oxygens (including phenoxy) is 2. The Labute approximate surface area is 123 Å². The molecule has 110 valence electrons. The van der Waals surface area contributed by atoms with E-state index in [0.717, 1.165) is 11.3 Å². The quantitative estimate of drug-likeness (QED) is 0.858. The molecule has 0 aliphatic rings. The molecule has 21 heavy (non-hydrogen) atoms. The van der Waals surface area contributed by atoms with Gasteiger partial charge in [0, 0.05) is 12.0 Å². The van der Waals surface area contributed by atoms with Crippen LogP contribution in [0.3, 0.4) is 0 Å². The summed E-state index contributed by atoms with van der Waals surface area (Å²) in [4.78, 5) is 12.3.